The summed E-state index contributed by atoms with van der Waals surface area (Å²) in [5, 5.41) is 11.7. The summed E-state index contributed by atoms with van der Waals surface area (Å²) in [7, 11) is 0. The summed E-state index contributed by atoms with van der Waals surface area (Å²) in [6, 6.07) is 0. The lowest BCUT2D eigenvalue weighted by molar-refractivity contribution is -0.185. The van der Waals surface area contributed by atoms with E-state index in [2.05, 4.69) is 53.7 Å². The van der Waals surface area contributed by atoms with Crippen LogP contribution < -0.4 is 0 Å². The van der Waals surface area contributed by atoms with Gasteiger partial charge in [-0.1, -0.05) is 53.7 Å². The first kappa shape index (κ1) is 25.3. The normalized spacial score (nSPS) is 47.0. The van der Waals surface area contributed by atoms with Gasteiger partial charge < -0.3 is 9.84 Å². The molecule has 4 saturated carbocycles. The van der Waals surface area contributed by atoms with Crippen molar-refractivity contribution in [3.63, 3.8) is 0 Å². The van der Waals surface area contributed by atoms with E-state index in [1.165, 1.54) is 32.6 Å². The molecule has 1 N–H and O–H groups in total. The number of hydrogen-bond donors (Lipinski definition) is 1. The zero-order chi connectivity index (χ0) is 24.1. The molecule has 3 heteroatoms. The Kier molecular flexibility index (Phi) is 7.14. The molecule has 0 aliphatic heterocycles. The van der Waals surface area contributed by atoms with E-state index in [9.17, 15) is 9.90 Å². The first-order valence-electron chi connectivity index (χ1n) is 14.0. The fourth-order valence-electron chi connectivity index (χ4n) is 9.29. The minimum Gasteiger partial charge on any atom is -0.463 e. The predicted molar refractivity (Wildman–Crippen MR) is 134 cm³/mol. The number of rotatable bonds is 5. The number of aliphatic hydroxyl groups excluding tert-OH is 1. The average Bonchev–Trinajstić information content (AvgIpc) is 3.07. The number of aliphatic hydroxyl groups is 1. The van der Waals surface area contributed by atoms with Crippen LogP contribution in [0, 0.1) is 58.2 Å². The second kappa shape index (κ2) is 9.32. The fourth-order valence-corrected chi connectivity index (χ4v) is 9.29. The third-order valence-electron chi connectivity index (χ3n) is 11.4. The van der Waals surface area contributed by atoms with Gasteiger partial charge in [-0.25, -0.2) is 0 Å². The molecule has 3 nitrogen and oxygen atoms in total. The monoisotopic (exact) mass is 458 g/mol. The number of carbonyl (C=O) groups is 1. The van der Waals surface area contributed by atoms with Crippen LogP contribution in [-0.4, -0.2) is 23.3 Å². The lowest BCUT2D eigenvalue weighted by atomic mass is 9.43. The Morgan fingerprint density at radius 3 is 2.39 bits per heavy atom. The van der Waals surface area contributed by atoms with Crippen molar-refractivity contribution in [3.8, 4) is 0 Å². The highest BCUT2D eigenvalue weighted by Gasteiger charge is 2.63. The van der Waals surface area contributed by atoms with Gasteiger partial charge in [-0.3, -0.25) is 4.79 Å². The van der Waals surface area contributed by atoms with Crippen LogP contribution in [0.15, 0.2) is 12.2 Å². The number of carbonyl (C=O) groups excluding carboxylic acids is 1. The van der Waals surface area contributed by atoms with Gasteiger partial charge in [0.15, 0.2) is 0 Å². The van der Waals surface area contributed by atoms with E-state index in [-0.39, 0.29) is 29.0 Å². The molecule has 4 aliphatic rings. The fraction of sp³-hybridized carbons (Fsp3) is 0.900. The first-order valence-corrected chi connectivity index (χ1v) is 14.0. The Morgan fingerprint density at radius 1 is 1.00 bits per heavy atom. The maximum atomic E-state index is 11.7. The summed E-state index contributed by atoms with van der Waals surface area (Å²) in [6.45, 7) is 15.9. The first-order chi connectivity index (χ1) is 15.5. The molecule has 4 rings (SSSR count). The Balaban J connectivity index is 1.51. The highest BCUT2D eigenvalue weighted by atomic mass is 16.5. The summed E-state index contributed by atoms with van der Waals surface area (Å²) >= 11 is 0. The minimum absolute atomic E-state index is 0.0832. The smallest absolute Gasteiger partial charge is 0.302 e. The van der Waals surface area contributed by atoms with Gasteiger partial charge in [0.25, 0.3) is 0 Å². The highest BCUT2D eigenvalue weighted by molar-refractivity contribution is 5.66. The van der Waals surface area contributed by atoms with Crippen LogP contribution >= 0.6 is 0 Å². The van der Waals surface area contributed by atoms with Gasteiger partial charge in [0.1, 0.15) is 6.10 Å². The van der Waals surface area contributed by atoms with Crippen LogP contribution in [0.25, 0.3) is 0 Å². The summed E-state index contributed by atoms with van der Waals surface area (Å²) in [5.41, 5.74) is 0.445. The van der Waals surface area contributed by atoms with Crippen molar-refractivity contribution >= 4 is 5.97 Å². The Labute approximate surface area is 203 Å². The number of fused-ring (bicyclic) bond motifs is 5. The molecule has 11 atom stereocenters. The lowest BCUT2D eigenvalue weighted by Gasteiger charge is -2.62. The molecule has 0 spiro atoms. The van der Waals surface area contributed by atoms with Crippen molar-refractivity contribution in [2.75, 3.05) is 0 Å². The van der Waals surface area contributed by atoms with E-state index in [0.717, 1.165) is 31.6 Å². The van der Waals surface area contributed by atoms with E-state index >= 15 is 0 Å². The average molecular weight is 459 g/mol. The Hall–Kier alpha value is -0.830. The van der Waals surface area contributed by atoms with Crippen LogP contribution in [0.5, 0.6) is 0 Å². The van der Waals surface area contributed by atoms with Crippen LogP contribution in [0.1, 0.15) is 99.8 Å². The molecule has 0 aromatic carbocycles. The van der Waals surface area contributed by atoms with E-state index in [1.54, 1.807) is 0 Å². The van der Waals surface area contributed by atoms with Gasteiger partial charge in [-0.05, 0) is 110 Å². The molecule has 0 aromatic rings. The minimum atomic E-state index is -0.194. The number of allylic oxidation sites excluding steroid dienone is 2. The Bertz CT molecular complexity index is 743. The molecular formula is C30H50O3. The molecule has 0 bridgehead atoms. The number of hydrogen-bond acceptors (Lipinski definition) is 3. The van der Waals surface area contributed by atoms with Crippen LogP contribution in [-0.2, 0) is 9.53 Å². The van der Waals surface area contributed by atoms with Gasteiger partial charge in [-0.2, -0.15) is 0 Å². The van der Waals surface area contributed by atoms with Gasteiger partial charge in [0.05, 0.1) is 6.10 Å². The van der Waals surface area contributed by atoms with Crippen molar-refractivity contribution in [1.29, 1.82) is 0 Å². The van der Waals surface area contributed by atoms with Gasteiger partial charge in [0.2, 0.25) is 0 Å². The van der Waals surface area contributed by atoms with E-state index < -0.39 is 0 Å². The van der Waals surface area contributed by atoms with Crippen molar-refractivity contribution in [2.24, 2.45) is 58.2 Å². The molecule has 0 amide bonds. The van der Waals surface area contributed by atoms with Crippen LogP contribution in [0.4, 0.5) is 0 Å². The Morgan fingerprint density at radius 2 is 1.73 bits per heavy atom. The van der Waals surface area contributed by atoms with Crippen LogP contribution in [0.2, 0.25) is 0 Å². The molecule has 4 aliphatic carbocycles. The van der Waals surface area contributed by atoms with Crippen molar-refractivity contribution in [2.45, 2.75) is 112 Å². The maximum Gasteiger partial charge on any atom is 0.302 e. The largest absolute Gasteiger partial charge is 0.463 e. The van der Waals surface area contributed by atoms with E-state index in [4.69, 9.17) is 4.74 Å². The molecule has 0 aromatic heterocycles. The molecule has 0 radical (unpaired) electrons. The SMILES string of the molecule is CC(=O)O[C@@H]1CC[C@@]2(C)[C@@H](CC[C@H]3[C@H]2[C@H](O)C[C@]2(C)[C@@H]3CC[C@@H]2[C@H](C)/C=C/[C@H](C)C(C)C)C1. The third kappa shape index (κ3) is 4.45. The quantitative estimate of drug-likeness (QED) is 0.355. The molecule has 33 heavy (non-hydrogen) atoms. The highest BCUT2D eigenvalue weighted by Crippen LogP contribution is 2.68. The lowest BCUT2D eigenvalue weighted by Crippen LogP contribution is -2.59. The number of ether oxygens (including phenoxy) is 1. The van der Waals surface area contributed by atoms with Crippen molar-refractivity contribution < 1.29 is 14.6 Å². The molecular weight excluding hydrogens is 408 g/mol. The van der Waals surface area contributed by atoms with Gasteiger partial charge >= 0.3 is 5.97 Å². The molecule has 188 valence electrons. The molecule has 0 unspecified atom stereocenters. The molecule has 0 heterocycles. The summed E-state index contributed by atoms with van der Waals surface area (Å²) in [4.78, 5) is 11.5. The summed E-state index contributed by atoms with van der Waals surface area (Å²) in [6.07, 6.45) is 14.0. The van der Waals surface area contributed by atoms with Crippen molar-refractivity contribution in [1.82, 2.24) is 0 Å². The zero-order valence-corrected chi connectivity index (χ0v) is 22.3. The van der Waals surface area contributed by atoms with E-state index in [0.29, 0.717) is 41.4 Å². The third-order valence-corrected chi connectivity index (χ3v) is 11.4. The second-order valence-electron chi connectivity index (χ2n) is 13.4. The van der Waals surface area contributed by atoms with Crippen molar-refractivity contribution in [3.05, 3.63) is 12.2 Å². The van der Waals surface area contributed by atoms with Crippen LogP contribution in [0.3, 0.4) is 0 Å². The predicted octanol–water partition coefficient (Wildman–Crippen LogP) is 7.03. The van der Waals surface area contributed by atoms with Gasteiger partial charge in [0, 0.05) is 6.92 Å². The summed E-state index contributed by atoms with van der Waals surface area (Å²) < 4.78 is 5.62. The zero-order valence-electron chi connectivity index (χ0n) is 22.3. The standard InChI is InChI=1S/C30H50O3/c1-18(2)19(3)8-9-20(4)25-12-13-26-24-11-10-22-16-23(33-21(5)31)14-15-29(22,6)28(24)27(32)17-30(25,26)7/h8-9,18-20,22-28,32H,10-17H2,1-7H3/b9-8+/t19-,20+,22-,23+,24+,25+,26+,27+,28-,29-,30-/m0/s1. The molecule has 4 fully saturated rings. The maximum absolute atomic E-state index is 11.7. The topological polar surface area (TPSA) is 46.5 Å². The second-order valence-corrected chi connectivity index (χ2v) is 13.4. The van der Waals surface area contributed by atoms with E-state index in [1.807, 2.05) is 0 Å². The number of esters is 1. The molecule has 0 saturated heterocycles. The summed E-state index contributed by atoms with van der Waals surface area (Å²) in [5.74, 6) is 4.81. The van der Waals surface area contributed by atoms with Gasteiger partial charge in [-0.15, -0.1) is 0 Å².